The summed E-state index contributed by atoms with van der Waals surface area (Å²) in [5.41, 5.74) is 9.33. The molecule has 210 valence electrons. The highest BCUT2D eigenvalue weighted by atomic mass is 79.9. The largest absolute Gasteiger partial charge is 0.462 e. The van der Waals surface area contributed by atoms with Gasteiger partial charge in [-0.25, -0.2) is 4.79 Å². The Bertz CT molecular complexity index is 1390. The van der Waals surface area contributed by atoms with Gasteiger partial charge in [0.2, 0.25) is 5.91 Å². The van der Waals surface area contributed by atoms with Crippen molar-refractivity contribution in [3.05, 3.63) is 99.0 Å². The van der Waals surface area contributed by atoms with Crippen LogP contribution in [-0.2, 0) is 16.0 Å². The summed E-state index contributed by atoms with van der Waals surface area (Å²) in [5, 5.41) is 10.8. The smallest absolute Gasteiger partial charge is 0.338 e. The number of nitrogens with zero attached hydrogens (tertiary/aromatic N) is 1. The van der Waals surface area contributed by atoms with Gasteiger partial charge in [0.15, 0.2) is 0 Å². The first-order valence-electron chi connectivity index (χ1n) is 12.9. The van der Waals surface area contributed by atoms with Crippen LogP contribution in [-0.4, -0.2) is 48.2 Å². The molecule has 0 bridgehead atoms. The Morgan fingerprint density at radius 3 is 2.35 bits per heavy atom. The molecule has 10 heteroatoms. The molecule has 1 heterocycles. The third kappa shape index (κ3) is 7.49. The van der Waals surface area contributed by atoms with Crippen molar-refractivity contribution < 1.29 is 19.1 Å². The first kappa shape index (κ1) is 30.8. The van der Waals surface area contributed by atoms with E-state index >= 15 is 0 Å². The molecule has 1 unspecified atom stereocenters. The number of hydrogen-bond donors (Lipinski definition) is 3. The number of amides is 2. The lowest BCUT2D eigenvalue weighted by Crippen LogP contribution is -2.28. The van der Waals surface area contributed by atoms with Crippen molar-refractivity contribution in [3.8, 4) is 0 Å². The number of nitrogen functional groups attached to an aromatic ring is 1. The van der Waals surface area contributed by atoms with Crippen LogP contribution in [0.15, 0.2) is 71.2 Å². The number of halogens is 2. The monoisotopic (exact) mass is 626 g/mol. The molecule has 0 saturated carbocycles. The van der Waals surface area contributed by atoms with E-state index in [9.17, 15) is 14.4 Å². The highest BCUT2D eigenvalue weighted by Gasteiger charge is 2.24. The number of amidine groups is 1. The van der Waals surface area contributed by atoms with Gasteiger partial charge in [-0.05, 0) is 89.6 Å². The summed E-state index contributed by atoms with van der Waals surface area (Å²) < 4.78 is 5.67. The zero-order valence-corrected chi connectivity index (χ0v) is 24.5. The third-order valence-corrected chi connectivity index (χ3v) is 7.34. The van der Waals surface area contributed by atoms with E-state index in [0.717, 1.165) is 31.5 Å². The summed E-state index contributed by atoms with van der Waals surface area (Å²) >= 11 is 3.50. The molecule has 1 atom stereocenters. The first-order chi connectivity index (χ1) is 18.8. The fourth-order valence-corrected chi connectivity index (χ4v) is 5.15. The summed E-state index contributed by atoms with van der Waals surface area (Å²) in [7, 11) is 0. The van der Waals surface area contributed by atoms with Crippen LogP contribution in [0.1, 0.15) is 63.1 Å². The second kappa shape index (κ2) is 14.1. The zero-order chi connectivity index (χ0) is 27.9. The van der Waals surface area contributed by atoms with Crippen molar-refractivity contribution in [1.29, 1.82) is 5.41 Å². The van der Waals surface area contributed by atoms with E-state index in [-0.39, 0.29) is 30.1 Å². The number of likely N-dealkylation sites (tertiary alicyclic amines) is 1. The molecule has 3 aromatic carbocycles. The van der Waals surface area contributed by atoms with Crippen molar-refractivity contribution in [3.63, 3.8) is 0 Å². The number of hydrogen-bond acceptors (Lipinski definition) is 5. The molecule has 1 aliphatic heterocycles. The third-order valence-electron chi connectivity index (χ3n) is 6.68. The molecule has 1 aliphatic rings. The van der Waals surface area contributed by atoms with Crippen LogP contribution in [0.4, 0.5) is 5.69 Å². The molecule has 0 aliphatic carbocycles. The molecule has 0 aromatic heterocycles. The van der Waals surface area contributed by atoms with Gasteiger partial charge >= 0.3 is 5.97 Å². The summed E-state index contributed by atoms with van der Waals surface area (Å²) in [6.45, 7) is 3.55. The minimum absolute atomic E-state index is 0. The van der Waals surface area contributed by atoms with Gasteiger partial charge in [0, 0.05) is 28.8 Å². The van der Waals surface area contributed by atoms with Crippen molar-refractivity contribution in [2.75, 3.05) is 25.0 Å². The number of carbonyl (C=O) groups excluding carboxylic acids is 3. The zero-order valence-electron chi connectivity index (χ0n) is 22.1. The van der Waals surface area contributed by atoms with Gasteiger partial charge in [-0.3, -0.25) is 15.0 Å². The van der Waals surface area contributed by atoms with Gasteiger partial charge in [-0.1, -0.05) is 30.3 Å². The molecule has 4 N–H and O–H groups in total. The molecule has 0 radical (unpaired) electrons. The molecule has 3 aromatic rings. The van der Waals surface area contributed by atoms with E-state index < -0.39 is 11.9 Å². The van der Waals surface area contributed by atoms with Crippen LogP contribution in [0, 0.1) is 5.41 Å². The number of nitrogens with one attached hydrogen (secondary N) is 2. The molecule has 1 fully saturated rings. The van der Waals surface area contributed by atoms with Crippen molar-refractivity contribution in [2.24, 2.45) is 5.73 Å². The number of nitrogens with two attached hydrogens (primary N) is 1. The highest BCUT2D eigenvalue weighted by molar-refractivity contribution is 9.10. The van der Waals surface area contributed by atoms with E-state index in [1.807, 2.05) is 11.0 Å². The Morgan fingerprint density at radius 2 is 1.73 bits per heavy atom. The normalized spacial score (nSPS) is 13.2. The lowest BCUT2D eigenvalue weighted by molar-refractivity contribution is -0.117. The Labute approximate surface area is 248 Å². The van der Waals surface area contributed by atoms with Crippen molar-refractivity contribution in [1.82, 2.24) is 4.90 Å². The van der Waals surface area contributed by atoms with E-state index in [2.05, 4.69) is 21.2 Å². The van der Waals surface area contributed by atoms with Gasteiger partial charge in [0.1, 0.15) is 5.84 Å². The van der Waals surface area contributed by atoms with Crippen LogP contribution >= 0.6 is 28.3 Å². The number of rotatable bonds is 9. The molecule has 4 rings (SSSR count). The molecule has 1 saturated heterocycles. The Balaban J connectivity index is 0.00000441. The SMILES string of the molecule is CCOC(=O)c1ccc(CC(C(=O)Nc2ccc(C(=O)N3CCCC3)c(Br)c2)c2cccc(C(=N)N)c2)cc1.Cl. The summed E-state index contributed by atoms with van der Waals surface area (Å²) in [4.78, 5) is 40.3. The average Bonchev–Trinajstić information content (AvgIpc) is 3.47. The van der Waals surface area contributed by atoms with Crippen LogP contribution in [0.3, 0.4) is 0 Å². The lowest BCUT2D eigenvalue weighted by atomic mass is 9.89. The topological polar surface area (TPSA) is 126 Å². The number of anilines is 1. The minimum atomic E-state index is -0.609. The van der Waals surface area contributed by atoms with E-state index in [1.165, 1.54) is 0 Å². The predicted octanol–water partition coefficient (Wildman–Crippen LogP) is 5.53. The van der Waals surface area contributed by atoms with Crippen molar-refractivity contribution in [2.45, 2.75) is 32.1 Å². The van der Waals surface area contributed by atoms with Gasteiger partial charge < -0.3 is 20.7 Å². The van der Waals surface area contributed by atoms with Crippen LogP contribution in [0.5, 0.6) is 0 Å². The van der Waals surface area contributed by atoms with Crippen molar-refractivity contribution >= 4 is 57.6 Å². The maximum absolute atomic E-state index is 13.6. The van der Waals surface area contributed by atoms with Crippen LogP contribution in [0.25, 0.3) is 0 Å². The van der Waals surface area contributed by atoms with Crippen LogP contribution < -0.4 is 11.1 Å². The second-order valence-electron chi connectivity index (χ2n) is 9.40. The first-order valence-corrected chi connectivity index (χ1v) is 13.7. The molecule has 40 heavy (non-hydrogen) atoms. The maximum atomic E-state index is 13.6. The molecule has 8 nitrogen and oxygen atoms in total. The minimum Gasteiger partial charge on any atom is -0.462 e. The van der Waals surface area contributed by atoms with Gasteiger partial charge in [-0.2, -0.15) is 0 Å². The summed E-state index contributed by atoms with van der Waals surface area (Å²) in [6.07, 6.45) is 2.37. The van der Waals surface area contributed by atoms with Crippen LogP contribution in [0.2, 0.25) is 0 Å². The fraction of sp³-hybridized carbons (Fsp3) is 0.267. The predicted molar refractivity (Wildman–Crippen MR) is 161 cm³/mol. The lowest BCUT2D eigenvalue weighted by Gasteiger charge is -2.20. The molecular formula is C30H32BrClN4O4. The Kier molecular flexibility index (Phi) is 10.9. The quantitative estimate of drug-likeness (QED) is 0.163. The maximum Gasteiger partial charge on any atom is 0.338 e. The summed E-state index contributed by atoms with van der Waals surface area (Å²) in [5.74, 6) is -1.37. The molecule has 0 spiro atoms. The fourth-order valence-electron chi connectivity index (χ4n) is 4.60. The number of benzene rings is 3. The second-order valence-corrected chi connectivity index (χ2v) is 10.3. The number of carbonyl (C=O) groups is 3. The molecule has 2 amide bonds. The van der Waals surface area contributed by atoms with E-state index in [0.29, 0.717) is 45.4 Å². The van der Waals surface area contributed by atoms with E-state index in [4.69, 9.17) is 15.9 Å². The van der Waals surface area contributed by atoms with E-state index in [1.54, 1.807) is 67.6 Å². The van der Waals surface area contributed by atoms with Gasteiger partial charge in [-0.15, -0.1) is 12.4 Å². The van der Waals surface area contributed by atoms with Gasteiger partial charge in [0.05, 0.1) is 23.7 Å². The number of esters is 1. The average molecular weight is 628 g/mol. The Morgan fingerprint density at radius 1 is 1.02 bits per heavy atom. The standard InChI is InChI=1S/C30H31BrN4O4.ClH/c1-2-39-30(38)20-10-8-19(9-11-20)16-25(21-6-5-7-22(17-21)27(32)33)28(36)34-23-12-13-24(26(31)18-23)29(37)35-14-3-4-15-35;/h5-13,17-18,25H,2-4,14-16H2,1H3,(H3,32,33)(H,34,36);1H. The summed E-state index contributed by atoms with van der Waals surface area (Å²) in [6, 6.07) is 19.2. The van der Waals surface area contributed by atoms with Gasteiger partial charge in [0.25, 0.3) is 5.91 Å². The highest BCUT2D eigenvalue weighted by Crippen LogP contribution is 2.28. The number of ether oxygens (including phenoxy) is 1. The Hall–Kier alpha value is -3.69. The molecular weight excluding hydrogens is 596 g/mol.